The number of ketones is 2. The van der Waals surface area contributed by atoms with Crippen LogP contribution in [0.2, 0.25) is 0 Å². The van der Waals surface area contributed by atoms with Crippen molar-refractivity contribution in [3.05, 3.63) is 16.6 Å². The Morgan fingerprint density at radius 3 is 2.40 bits per heavy atom. The van der Waals surface area contributed by atoms with Gasteiger partial charge >= 0.3 is 0 Å². The van der Waals surface area contributed by atoms with E-state index in [9.17, 15) is 14.5 Å². The van der Waals surface area contributed by atoms with Crippen LogP contribution in [-0.2, 0) is 9.59 Å². The van der Waals surface area contributed by atoms with E-state index in [2.05, 4.69) is 5.18 Å². The van der Waals surface area contributed by atoms with E-state index in [1.807, 2.05) is 0 Å². The maximum absolute atomic E-state index is 11.9. The Bertz CT molecular complexity index is 355. The molecule has 0 amide bonds. The number of nitrogens with zero attached hydrogens (tertiary/aromatic N) is 1. The molecule has 0 bridgehead atoms. The Balaban J connectivity index is 3.20. The Kier molecular flexibility index (Phi) is 2.88. The largest absolute Gasteiger partial charge is 0.298 e. The Morgan fingerprint density at radius 2 is 1.93 bits per heavy atom. The molecule has 1 rings (SSSR count). The van der Waals surface area contributed by atoms with E-state index in [1.54, 1.807) is 26.8 Å². The fraction of sp³-hybridized carbons (Fsp3) is 0.636. The number of carbonyl (C=O) groups is 2. The highest BCUT2D eigenvalue weighted by Crippen LogP contribution is 2.33. The van der Waals surface area contributed by atoms with Crippen molar-refractivity contribution in [3.63, 3.8) is 0 Å². The lowest BCUT2D eigenvalue weighted by molar-refractivity contribution is -0.137. The molecule has 0 saturated carbocycles. The summed E-state index contributed by atoms with van der Waals surface area (Å²) in [5, 5.41) is 2.79. The minimum atomic E-state index is -0.900. The topological polar surface area (TPSA) is 63.6 Å². The summed E-state index contributed by atoms with van der Waals surface area (Å²) in [6.07, 6.45) is 1.66. The number of nitroso groups, excluding NO2 is 1. The molecule has 1 aliphatic carbocycles. The van der Waals surface area contributed by atoms with Crippen LogP contribution in [0.1, 0.15) is 27.7 Å². The van der Waals surface area contributed by atoms with Gasteiger partial charge in [0.25, 0.3) is 0 Å². The number of allylic oxidation sites excluding steroid dienone is 2. The fourth-order valence-electron chi connectivity index (χ4n) is 1.95. The molecule has 82 valence electrons. The number of carbonyl (C=O) groups excluding carboxylic acids is 2. The molecule has 0 heterocycles. The summed E-state index contributed by atoms with van der Waals surface area (Å²) in [5.41, 5.74) is -0.137. The zero-order valence-electron chi connectivity index (χ0n) is 9.40. The summed E-state index contributed by atoms with van der Waals surface area (Å²) in [4.78, 5) is 34.1. The van der Waals surface area contributed by atoms with Crippen LogP contribution >= 0.6 is 0 Å². The molecule has 1 aliphatic rings. The van der Waals surface area contributed by atoms with Gasteiger partial charge in [0, 0.05) is 5.41 Å². The van der Waals surface area contributed by atoms with Gasteiger partial charge in [0.2, 0.25) is 0 Å². The lowest BCUT2D eigenvalue weighted by Crippen LogP contribution is -2.43. The second kappa shape index (κ2) is 3.68. The highest BCUT2D eigenvalue weighted by molar-refractivity contribution is 6.15. The van der Waals surface area contributed by atoms with E-state index in [0.717, 1.165) is 0 Å². The maximum atomic E-state index is 11.9. The standard InChI is InChI=1S/C11H15NO3/c1-6-5-11(3,4)10(14)8(9(6)13)7(2)12-15/h5,7-8H,1-4H3. The van der Waals surface area contributed by atoms with Crippen molar-refractivity contribution in [1.29, 1.82) is 0 Å². The second-order valence-electron chi connectivity index (χ2n) is 4.60. The van der Waals surface area contributed by atoms with Gasteiger partial charge < -0.3 is 0 Å². The van der Waals surface area contributed by atoms with Gasteiger partial charge in [-0.05, 0) is 33.3 Å². The molecule has 0 radical (unpaired) electrons. The Hall–Kier alpha value is -1.32. The molecule has 0 fully saturated rings. The number of hydrogen-bond acceptors (Lipinski definition) is 4. The summed E-state index contributed by atoms with van der Waals surface area (Å²) in [6.45, 7) is 6.66. The first-order valence-electron chi connectivity index (χ1n) is 4.91. The molecule has 2 atom stereocenters. The molecule has 2 unspecified atom stereocenters. The normalized spacial score (nSPS) is 27.2. The van der Waals surface area contributed by atoms with Crippen LogP contribution in [0.3, 0.4) is 0 Å². The third-order valence-corrected chi connectivity index (χ3v) is 2.81. The van der Waals surface area contributed by atoms with Crippen molar-refractivity contribution in [2.75, 3.05) is 0 Å². The Morgan fingerprint density at radius 1 is 1.40 bits per heavy atom. The minimum absolute atomic E-state index is 0.217. The van der Waals surface area contributed by atoms with Crippen LogP contribution in [0.15, 0.2) is 16.8 Å². The predicted octanol–water partition coefficient (Wildman–Crippen LogP) is 1.88. The average molecular weight is 209 g/mol. The van der Waals surface area contributed by atoms with Crippen molar-refractivity contribution in [1.82, 2.24) is 0 Å². The Labute approximate surface area is 88.7 Å². The van der Waals surface area contributed by atoms with Crippen LogP contribution in [-0.4, -0.2) is 17.6 Å². The first kappa shape index (κ1) is 11.8. The summed E-state index contributed by atoms with van der Waals surface area (Å²) in [7, 11) is 0. The van der Waals surface area contributed by atoms with E-state index in [1.165, 1.54) is 6.92 Å². The molecular formula is C11H15NO3. The van der Waals surface area contributed by atoms with E-state index in [4.69, 9.17) is 0 Å². The van der Waals surface area contributed by atoms with Gasteiger partial charge in [0.15, 0.2) is 11.6 Å². The molecule has 4 nitrogen and oxygen atoms in total. The van der Waals surface area contributed by atoms with Crippen molar-refractivity contribution >= 4 is 11.6 Å². The van der Waals surface area contributed by atoms with Gasteiger partial charge in [-0.3, -0.25) is 9.59 Å². The summed E-state index contributed by atoms with van der Waals surface area (Å²) >= 11 is 0. The highest BCUT2D eigenvalue weighted by Gasteiger charge is 2.44. The summed E-state index contributed by atoms with van der Waals surface area (Å²) in [6, 6.07) is -0.784. The third-order valence-electron chi connectivity index (χ3n) is 2.81. The lowest BCUT2D eigenvalue weighted by Gasteiger charge is -2.31. The SMILES string of the molecule is CC1=CC(C)(C)C(=O)C(C(C)N=O)C1=O. The van der Waals surface area contributed by atoms with Crippen molar-refractivity contribution in [2.45, 2.75) is 33.7 Å². The third kappa shape index (κ3) is 1.89. The first-order chi connectivity index (χ1) is 6.81. The average Bonchev–Trinajstić information content (AvgIpc) is 2.14. The predicted molar refractivity (Wildman–Crippen MR) is 56.3 cm³/mol. The van der Waals surface area contributed by atoms with Gasteiger partial charge in [-0.25, -0.2) is 0 Å². The zero-order chi connectivity index (χ0) is 11.8. The number of rotatable bonds is 2. The van der Waals surface area contributed by atoms with Crippen LogP contribution in [0.25, 0.3) is 0 Å². The molecule has 0 spiro atoms. The monoisotopic (exact) mass is 209 g/mol. The van der Waals surface area contributed by atoms with Crippen LogP contribution in [0, 0.1) is 16.2 Å². The van der Waals surface area contributed by atoms with Gasteiger partial charge in [-0.1, -0.05) is 11.3 Å². The second-order valence-corrected chi connectivity index (χ2v) is 4.60. The van der Waals surface area contributed by atoms with Gasteiger partial charge in [-0.2, -0.15) is 4.91 Å². The van der Waals surface area contributed by atoms with E-state index in [-0.39, 0.29) is 11.6 Å². The molecule has 15 heavy (non-hydrogen) atoms. The molecule has 0 aromatic carbocycles. The summed E-state index contributed by atoms with van der Waals surface area (Å²) in [5.74, 6) is -1.39. The molecule has 0 aliphatic heterocycles. The van der Waals surface area contributed by atoms with Gasteiger partial charge in [0.1, 0.15) is 12.0 Å². The smallest absolute Gasteiger partial charge is 0.171 e. The molecule has 4 heteroatoms. The fourth-order valence-corrected chi connectivity index (χ4v) is 1.95. The maximum Gasteiger partial charge on any atom is 0.171 e. The molecule has 0 N–H and O–H groups in total. The number of Topliss-reactive ketones (excluding diaryl/α,β-unsaturated/α-hetero) is 2. The minimum Gasteiger partial charge on any atom is -0.298 e. The van der Waals surface area contributed by atoms with Gasteiger partial charge in [0.05, 0.1) is 0 Å². The van der Waals surface area contributed by atoms with Crippen LogP contribution in [0.4, 0.5) is 0 Å². The van der Waals surface area contributed by atoms with E-state index in [0.29, 0.717) is 5.57 Å². The quantitative estimate of drug-likeness (QED) is 0.515. The van der Waals surface area contributed by atoms with Crippen molar-refractivity contribution < 1.29 is 9.59 Å². The molecule has 0 saturated heterocycles. The first-order valence-corrected chi connectivity index (χ1v) is 4.91. The van der Waals surface area contributed by atoms with Crippen molar-refractivity contribution in [2.24, 2.45) is 16.5 Å². The van der Waals surface area contributed by atoms with Crippen LogP contribution in [0.5, 0.6) is 0 Å². The van der Waals surface area contributed by atoms with Crippen LogP contribution < -0.4 is 0 Å². The van der Waals surface area contributed by atoms with Gasteiger partial charge in [-0.15, -0.1) is 0 Å². The highest BCUT2D eigenvalue weighted by atomic mass is 16.3. The lowest BCUT2D eigenvalue weighted by atomic mass is 9.70. The zero-order valence-corrected chi connectivity index (χ0v) is 9.40. The van der Waals surface area contributed by atoms with E-state index >= 15 is 0 Å². The molecule has 0 aromatic rings. The number of hydrogen-bond donors (Lipinski definition) is 0. The summed E-state index contributed by atoms with van der Waals surface area (Å²) < 4.78 is 0. The van der Waals surface area contributed by atoms with Crippen molar-refractivity contribution in [3.8, 4) is 0 Å². The molecule has 0 aromatic heterocycles. The molecular weight excluding hydrogens is 194 g/mol. The van der Waals surface area contributed by atoms with E-state index < -0.39 is 17.4 Å².